The molecule has 0 heterocycles. The second-order valence-corrected chi connectivity index (χ2v) is 4.78. The van der Waals surface area contributed by atoms with Gasteiger partial charge in [-0.15, -0.1) is 0 Å². The molecular weight excluding hydrogens is 224 g/mol. The first-order chi connectivity index (χ1) is 7.76. The highest BCUT2D eigenvalue weighted by Crippen LogP contribution is 2.07. The number of carbonyl (C=O) groups is 2. The van der Waals surface area contributed by atoms with Crippen LogP contribution < -0.4 is 10.6 Å². The molecule has 0 aromatic heterocycles. The van der Waals surface area contributed by atoms with Crippen LogP contribution in [0, 0.1) is 0 Å². The molecule has 100 valence electrons. The predicted molar refractivity (Wildman–Crippen MR) is 64.0 cm³/mol. The molecule has 0 spiro atoms. The highest BCUT2D eigenvalue weighted by Gasteiger charge is 2.23. The molecule has 0 aliphatic rings. The van der Waals surface area contributed by atoms with E-state index in [4.69, 9.17) is 9.84 Å². The SMILES string of the molecule is CNCCC[C@@H](NC(=O)OC(C)(C)C)C(=O)O. The normalized spacial score (nSPS) is 12.9. The van der Waals surface area contributed by atoms with Crippen molar-refractivity contribution in [1.29, 1.82) is 0 Å². The fourth-order valence-electron chi connectivity index (χ4n) is 1.19. The van der Waals surface area contributed by atoms with Crippen LogP contribution in [0.5, 0.6) is 0 Å². The largest absolute Gasteiger partial charge is 0.480 e. The van der Waals surface area contributed by atoms with Crippen molar-refractivity contribution in [2.45, 2.75) is 45.3 Å². The van der Waals surface area contributed by atoms with Gasteiger partial charge in [0.05, 0.1) is 0 Å². The van der Waals surface area contributed by atoms with Gasteiger partial charge in [0.25, 0.3) is 0 Å². The van der Waals surface area contributed by atoms with Crippen LogP contribution in [0.2, 0.25) is 0 Å². The Kier molecular flexibility index (Phi) is 6.57. The van der Waals surface area contributed by atoms with Crippen LogP contribution in [0.4, 0.5) is 4.79 Å². The Labute approximate surface area is 102 Å². The van der Waals surface area contributed by atoms with E-state index in [1.165, 1.54) is 0 Å². The van der Waals surface area contributed by atoms with Gasteiger partial charge in [-0.3, -0.25) is 0 Å². The molecule has 0 aliphatic heterocycles. The smallest absolute Gasteiger partial charge is 0.408 e. The highest BCUT2D eigenvalue weighted by atomic mass is 16.6. The second-order valence-electron chi connectivity index (χ2n) is 4.78. The zero-order chi connectivity index (χ0) is 13.5. The molecule has 0 aromatic rings. The van der Waals surface area contributed by atoms with Crippen molar-refractivity contribution in [2.75, 3.05) is 13.6 Å². The van der Waals surface area contributed by atoms with Crippen molar-refractivity contribution < 1.29 is 19.4 Å². The molecule has 0 aromatic carbocycles. The molecule has 1 atom stereocenters. The summed E-state index contributed by atoms with van der Waals surface area (Å²) >= 11 is 0. The lowest BCUT2D eigenvalue weighted by Crippen LogP contribution is -2.43. The quantitative estimate of drug-likeness (QED) is 0.608. The van der Waals surface area contributed by atoms with Gasteiger partial charge in [0.15, 0.2) is 0 Å². The lowest BCUT2D eigenvalue weighted by atomic mass is 10.1. The molecule has 0 bridgehead atoms. The summed E-state index contributed by atoms with van der Waals surface area (Å²) in [6.45, 7) is 5.88. The van der Waals surface area contributed by atoms with Crippen molar-refractivity contribution in [3.8, 4) is 0 Å². The minimum absolute atomic E-state index is 0.370. The maximum absolute atomic E-state index is 11.4. The Balaban J connectivity index is 4.16. The van der Waals surface area contributed by atoms with Gasteiger partial charge < -0.3 is 20.5 Å². The van der Waals surface area contributed by atoms with E-state index in [0.717, 1.165) is 0 Å². The van der Waals surface area contributed by atoms with Gasteiger partial charge in [-0.05, 0) is 47.2 Å². The Hall–Kier alpha value is -1.30. The Morgan fingerprint density at radius 1 is 1.35 bits per heavy atom. The minimum Gasteiger partial charge on any atom is -0.480 e. The number of alkyl carbamates (subject to hydrolysis) is 1. The van der Waals surface area contributed by atoms with Gasteiger partial charge in [-0.25, -0.2) is 9.59 Å². The molecule has 0 fully saturated rings. The van der Waals surface area contributed by atoms with E-state index in [0.29, 0.717) is 19.4 Å². The van der Waals surface area contributed by atoms with Crippen molar-refractivity contribution in [3.63, 3.8) is 0 Å². The van der Waals surface area contributed by atoms with E-state index in [-0.39, 0.29) is 0 Å². The van der Waals surface area contributed by atoms with Crippen LogP contribution in [-0.2, 0) is 9.53 Å². The van der Waals surface area contributed by atoms with Crippen LogP contribution in [0.25, 0.3) is 0 Å². The summed E-state index contributed by atoms with van der Waals surface area (Å²) < 4.78 is 5.00. The van der Waals surface area contributed by atoms with E-state index in [1.807, 2.05) is 0 Å². The Morgan fingerprint density at radius 3 is 2.35 bits per heavy atom. The molecule has 6 nitrogen and oxygen atoms in total. The van der Waals surface area contributed by atoms with Gasteiger partial charge in [0.2, 0.25) is 0 Å². The number of rotatable bonds is 6. The summed E-state index contributed by atoms with van der Waals surface area (Å²) in [7, 11) is 1.79. The van der Waals surface area contributed by atoms with Crippen LogP contribution in [-0.4, -0.2) is 42.4 Å². The number of carboxylic acid groups (broad SMARTS) is 1. The van der Waals surface area contributed by atoms with Gasteiger partial charge in [0.1, 0.15) is 11.6 Å². The summed E-state index contributed by atoms with van der Waals surface area (Å²) in [5.41, 5.74) is -0.627. The molecule has 0 rings (SSSR count). The van der Waals surface area contributed by atoms with E-state index in [2.05, 4.69) is 10.6 Å². The second kappa shape index (κ2) is 7.11. The summed E-state index contributed by atoms with van der Waals surface area (Å²) in [4.78, 5) is 22.3. The molecule has 0 saturated heterocycles. The van der Waals surface area contributed by atoms with Crippen LogP contribution in [0.1, 0.15) is 33.6 Å². The monoisotopic (exact) mass is 246 g/mol. The minimum atomic E-state index is -1.05. The number of hydrogen-bond acceptors (Lipinski definition) is 4. The average Bonchev–Trinajstić information content (AvgIpc) is 2.13. The lowest BCUT2D eigenvalue weighted by Gasteiger charge is -2.21. The molecule has 3 N–H and O–H groups in total. The molecule has 0 radical (unpaired) electrons. The number of amides is 1. The highest BCUT2D eigenvalue weighted by molar-refractivity contribution is 5.79. The van der Waals surface area contributed by atoms with E-state index >= 15 is 0 Å². The van der Waals surface area contributed by atoms with Crippen molar-refractivity contribution in [1.82, 2.24) is 10.6 Å². The number of carboxylic acids is 1. The van der Waals surface area contributed by atoms with Crippen LogP contribution in [0.15, 0.2) is 0 Å². The molecule has 17 heavy (non-hydrogen) atoms. The number of aliphatic carboxylic acids is 1. The maximum atomic E-state index is 11.4. The van der Waals surface area contributed by atoms with Crippen LogP contribution in [0.3, 0.4) is 0 Å². The van der Waals surface area contributed by atoms with E-state index in [1.54, 1.807) is 27.8 Å². The van der Waals surface area contributed by atoms with E-state index in [9.17, 15) is 9.59 Å². The predicted octanol–water partition coefficient (Wildman–Crippen LogP) is 0.964. The first kappa shape index (κ1) is 15.7. The van der Waals surface area contributed by atoms with Crippen LogP contribution >= 0.6 is 0 Å². The molecular formula is C11H22N2O4. The number of nitrogens with one attached hydrogen (secondary N) is 2. The lowest BCUT2D eigenvalue weighted by molar-refractivity contribution is -0.139. The van der Waals surface area contributed by atoms with Crippen molar-refractivity contribution in [2.24, 2.45) is 0 Å². The van der Waals surface area contributed by atoms with E-state index < -0.39 is 23.7 Å². The van der Waals surface area contributed by atoms with Gasteiger partial charge in [-0.2, -0.15) is 0 Å². The molecule has 0 aliphatic carbocycles. The number of hydrogen-bond donors (Lipinski definition) is 3. The summed E-state index contributed by atoms with van der Waals surface area (Å²) in [6.07, 6.45) is 0.341. The number of carbonyl (C=O) groups excluding carboxylic acids is 1. The third-order valence-corrected chi connectivity index (χ3v) is 1.91. The first-order valence-corrected chi connectivity index (χ1v) is 5.63. The zero-order valence-electron chi connectivity index (χ0n) is 10.9. The Bertz CT molecular complexity index is 261. The van der Waals surface area contributed by atoms with Gasteiger partial charge in [0, 0.05) is 0 Å². The topological polar surface area (TPSA) is 87.7 Å². The van der Waals surface area contributed by atoms with Crippen molar-refractivity contribution >= 4 is 12.1 Å². The fraction of sp³-hybridized carbons (Fsp3) is 0.818. The Morgan fingerprint density at radius 2 is 1.94 bits per heavy atom. The van der Waals surface area contributed by atoms with Gasteiger partial charge >= 0.3 is 12.1 Å². The maximum Gasteiger partial charge on any atom is 0.408 e. The summed E-state index contributed by atoms with van der Waals surface area (Å²) in [5.74, 6) is -1.05. The fourth-order valence-corrected chi connectivity index (χ4v) is 1.19. The third-order valence-electron chi connectivity index (χ3n) is 1.91. The number of ether oxygens (including phenoxy) is 1. The first-order valence-electron chi connectivity index (χ1n) is 5.63. The standard InChI is InChI=1S/C11H22N2O4/c1-11(2,3)17-10(16)13-8(9(14)15)6-5-7-12-4/h8,12H,5-7H2,1-4H3,(H,13,16)(H,14,15)/t8-/m1/s1. The zero-order valence-corrected chi connectivity index (χ0v) is 10.9. The van der Waals surface area contributed by atoms with Crippen molar-refractivity contribution in [3.05, 3.63) is 0 Å². The molecule has 6 heteroatoms. The summed E-state index contributed by atoms with van der Waals surface area (Å²) in [5, 5.41) is 14.2. The molecule has 1 amide bonds. The average molecular weight is 246 g/mol. The molecule has 0 saturated carbocycles. The summed E-state index contributed by atoms with van der Waals surface area (Å²) in [6, 6.07) is -0.904. The molecule has 0 unspecified atom stereocenters. The van der Waals surface area contributed by atoms with Gasteiger partial charge in [-0.1, -0.05) is 0 Å². The third kappa shape index (κ3) is 8.50.